The van der Waals surface area contributed by atoms with Crippen molar-refractivity contribution < 1.29 is 9.90 Å². The summed E-state index contributed by atoms with van der Waals surface area (Å²) in [5.41, 5.74) is 9.64. The van der Waals surface area contributed by atoms with Gasteiger partial charge in [0.05, 0.1) is 6.10 Å². The molecule has 1 amide bonds. The zero-order valence-corrected chi connectivity index (χ0v) is 19.3. The van der Waals surface area contributed by atoms with Gasteiger partial charge in [0.15, 0.2) is 0 Å². The number of halogens is 2. The monoisotopic (exact) mass is 465 g/mol. The van der Waals surface area contributed by atoms with E-state index in [1.165, 1.54) is 16.7 Å². The number of nitrogens with zero attached hydrogens (tertiary/aromatic N) is 1. The van der Waals surface area contributed by atoms with Crippen LogP contribution in [0.3, 0.4) is 0 Å². The molecule has 2 aromatic rings. The highest BCUT2D eigenvalue weighted by Crippen LogP contribution is 2.26. The fraction of sp³-hybridized carbons (Fsp3) is 0.458. The van der Waals surface area contributed by atoms with Crippen LogP contribution in [0.25, 0.3) is 11.1 Å². The van der Waals surface area contributed by atoms with Crippen LogP contribution in [-0.4, -0.2) is 47.2 Å². The number of carbonyl (C=O) groups is 1. The van der Waals surface area contributed by atoms with Gasteiger partial charge < -0.3 is 16.2 Å². The molecule has 4 rings (SSSR count). The molecule has 31 heavy (non-hydrogen) atoms. The fourth-order valence-corrected chi connectivity index (χ4v) is 4.51. The Morgan fingerprint density at radius 1 is 0.968 bits per heavy atom. The molecule has 7 heteroatoms. The highest BCUT2D eigenvalue weighted by Gasteiger charge is 2.35. The van der Waals surface area contributed by atoms with Crippen molar-refractivity contribution in [2.45, 2.75) is 50.4 Å². The van der Waals surface area contributed by atoms with Crippen molar-refractivity contribution >= 4 is 30.7 Å². The van der Waals surface area contributed by atoms with Crippen LogP contribution in [0.15, 0.2) is 54.6 Å². The van der Waals surface area contributed by atoms with E-state index < -0.39 is 6.10 Å². The molecule has 3 atom stereocenters. The van der Waals surface area contributed by atoms with Crippen molar-refractivity contribution in [2.75, 3.05) is 13.1 Å². The summed E-state index contributed by atoms with van der Waals surface area (Å²) in [5.74, 6) is -0.0758. The summed E-state index contributed by atoms with van der Waals surface area (Å²) in [4.78, 5) is 14.9. The molecule has 1 saturated carbocycles. The third kappa shape index (κ3) is 6.67. The summed E-state index contributed by atoms with van der Waals surface area (Å²) in [5, 5.41) is 12.9. The first-order valence-corrected chi connectivity index (χ1v) is 10.7. The van der Waals surface area contributed by atoms with Crippen LogP contribution in [-0.2, 0) is 11.3 Å². The highest BCUT2D eigenvalue weighted by molar-refractivity contribution is 5.85. The van der Waals surface area contributed by atoms with Crippen LogP contribution in [0.5, 0.6) is 0 Å². The number of amides is 1. The number of hydrogen-bond donors (Lipinski definition) is 3. The summed E-state index contributed by atoms with van der Waals surface area (Å²) < 4.78 is 0. The van der Waals surface area contributed by atoms with Crippen LogP contribution in [0.4, 0.5) is 0 Å². The lowest BCUT2D eigenvalue weighted by atomic mass is 10.0. The molecule has 170 valence electrons. The highest BCUT2D eigenvalue weighted by atomic mass is 35.5. The van der Waals surface area contributed by atoms with Gasteiger partial charge >= 0.3 is 0 Å². The van der Waals surface area contributed by atoms with Crippen molar-refractivity contribution in [1.29, 1.82) is 0 Å². The summed E-state index contributed by atoms with van der Waals surface area (Å²) in [7, 11) is 0. The average Bonchev–Trinajstić information content (AvgIpc) is 3.09. The molecule has 2 fully saturated rings. The maximum Gasteiger partial charge on any atom is 0.223 e. The number of aliphatic hydroxyl groups is 1. The molecule has 2 aromatic carbocycles. The van der Waals surface area contributed by atoms with Crippen molar-refractivity contribution in [3.05, 3.63) is 60.2 Å². The van der Waals surface area contributed by atoms with E-state index in [9.17, 15) is 9.90 Å². The summed E-state index contributed by atoms with van der Waals surface area (Å²) in [6.45, 7) is 2.91. The average molecular weight is 466 g/mol. The molecule has 1 saturated heterocycles. The van der Waals surface area contributed by atoms with Crippen LogP contribution in [0, 0.1) is 5.92 Å². The number of nitrogens with two attached hydrogens (primary N) is 1. The van der Waals surface area contributed by atoms with Gasteiger partial charge in [-0.1, -0.05) is 54.6 Å². The topological polar surface area (TPSA) is 78.6 Å². The van der Waals surface area contributed by atoms with Gasteiger partial charge in [-0.2, -0.15) is 0 Å². The number of aliphatic hydroxyl groups excluding tert-OH is 1. The number of likely N-dealkylation sites (tertiary alicyclic amines) is 1. The van der Waals surface area contributed by atoms with Gasteiger partial charge in [-0.3, -0.25) is 9.69 Å². The Hall–Kier alpha value is -1.63. The van der Waals surface area contributed by atoms with Crippen LogP contribution in [0.1, 0.15) is 31.2 Å². The predicted molar refractivity (Wildman–Crippen MR) is 130 cm³/mol. The van der Waals surface area contributed by atoms with Crippen molar-refractivity contribution in [2.24, 2.45) is 11.7 Å². The lowest BCUT2D eigenvalue weighted by molar-refractivity contribution is -0.126. The van der Waals surface area contributed by atoms with Gasteiger partial charge in [0.25, 0.3) is 0 Å². The molecule has 1 heterocycles. The molecule has 0 radical (unpaired) electrons. The SMILES string of the molecule is Cl.Cl.N[C@@H]1C[C@H](C(=O)NC2CCN(Cc3ccc(-c4ccccc4)cc3)CC2)C[C@H]1O. The smallest absolute Gasteiger partial charge is 0.223 e. The number of benzene rings is 2. The molecule has 1 aliphatic carbocycles. The minimum atomic E-state index is -0.541. The van der Waals surface area contributed by atoms with E-state index in [1.807, 2.05) is 6.07 Å². The predicted octanol–water partition coefficient (Wildman–Crippen LogP) is 3.38. The first-order valence-electron chi connectivity index (χ1n) is 10.7. The molecule has 2 aliphatic rings. The van der Waals surface area contributed by atoms with E-state index in [4.69, 9.17) is 5.73 Å². The molecular formula is C24H33Cl2N3O2. The minimum Gasteiger partial charge on any atom is -0.391 e. The van der Waals surface area contributed by atoms with Gasteiger partial charge in [0, 0.05) is 37.6 Å². The van der Waals surface area contributed by atoms with Gasteiger partial charge in [0.1, 0.15) is 0 Å². The Balaban J connectivity index is 0.00000171. The van der Waals surface area contributed by atoms with E-state index in [2.05, 4.69) is 58.7 Å². The third-order valence-corrected chi connectivity index (χ3v) is 6.35. The summed E-state index contributed by atoms with van der Waals surface area (Å²) >= 11 is 0. The number of carbonyl (C=O) groups excluding carboxylic acids is 1. The van der Waals surface area contributed by atoms with E-state index in [-0.39, 0.29) is 48.7 Å². The number of nitrogens with one attached hydrogen (secondary N) is 1. The first-order chi connectivity index (χ1) is 14.1. The molecule has 0 spiro atoms. The standard InChI is InChI=1S/C24H31N3O2.2ClH/c25-22-14-20(15-23(22)28)24(29)26-21-10-12-27(13-11-21)16-17-6-8-19(9-7-17)18-4-2-1-3-5-18;;/h1-9,20-23,28H,10-16,25H2,(H,26,29);2*1H/t20-,22+,23+;;/m0../s1. The maximum absolute atomic E-state index is 12.4. The Kier molecular flexibility index (Phi) is 9.79. The number of rotatable bonds is 5. The Labute approximate surface area is 197 Å². The molecule has 0 aromatic heterocycles. The quantitative estimate of drug-likeness (QED) is 0.632. The Morgan fingerprint density at radius 2 is 1.58 bits per heavy atom. The zero-order valence-electron chi connectivity index (χ0n) is 17.7. The van der Waals surface area contributed by atoms with E-state index in [0.717, 1.165) is 32.5 Å². The Bertz CT molecular complexity index is 801. The van der Waals surface area contributed by atoms with E-state index in [0.29, 0.717) is 12.8 Å². The van der Waals surface area contributed by atoms with Crippen molar-refractivity contribution in [3.63, 3.8) is 0 Å². The zero-order chi connectivity index (χ0) is 20.2. The molecule has 4 N–H and O–H groups in total. The second-order valence-electron chi connectivity index (χ2n) is 8.52. The van der Waals surface area contributed by atoms with E-state index >= 15 is 0 Å². The normalized spacial score (nSPS) is 24.1. The number of piperidine rings is 1. The second kappa shape index (κ2) is 11.8. The molecule has 1 aliphatic heterocycles. The number of hydrogen-bond acceptors (Lipinski definition) is 4. The van der Waals surface area contributed by atoms with Crippen LogP contribution >= 0.6 is 24.8 Å². The third-order valence-electron chi connectivity index (χ3n) is 6.35. The molecule has 0 bridgehead atoms. The molecule has 5 nitrogen and oxygen atoms in total. The lowest BCUT2D eigenvalue weighted by Crippen LogP contribution is -2.46. The van der Waals surface area contributed by atoms with Crippen molar-refractivity contribution in [3.8, 4) is 11.1 Å². The minimum absolute atomic E-state index is 0. The molecule has 0 unspecified atom stereocenters. The second-order valence-corrected chi connectivity index (χ2v) is 8.52. The van der Waals surface area contributed by atoms with Gasteiger partial charge in [0.2, 0.25) is 5.91 Å². The largest absolute Gasteiger partial charge is 0.391 e. The van der Waals surface area contributed by atoms with Gasteiger partial charge in [-0.15, -0.1) is 24.8 Å². The maximum atomic E-state index is 12.4. The first kappa shape index (κ1) is 25.6. The summed E-state index contributed by atoms with van der Waals surface area (Å²) in [6.07, 6.45) is 2.47. The fourth-order valence-electron chi connectivity index (χ4n) is 4.51. The van der Waals surface area contributed by atoms with Crippen molar-refractivity contribution in [1.82, 2.24) is 10.2 Å². The lowest BCUT2D eigenvalue weighted by Gasteiger charge is -2.33. The Morgan fingerprint density at radius 3 is 2.16 bits per heavy atom. The summed E-state index contributed by atoms with van der Waals surface area (Å²) in [6, 6.07) is 19.2. The van der Waals surface area contributed by atoms with Gasteiger partial charge in [-0.25, -0.2) is 0 Å². The van der Waals surface area contributed by atoms with Crippen LogP contribution < -0.4 is 11.1 Å². The van der Waals surface area contributed by atoms with Gasteiger partial charge in [-0.05, 0) is 42.4 Å². The van der Waals surface area contributed by atoms with E-state index in [1.54, 1.807) is 0 Å². The van der Waals surface area contributed by atoms with Crippen LogP contribution in [0.2, 0.25) is 0 Å². The molecular weight excluding hydrogens is 433 g/mol.